The van der Waals surface area contributed by atoms with Crippen LogP contribution in [0.15, 0.2) is 24.3 Å². The van der Waals surface area contributed by atoms with E-state index in [4.69, 9.17) is 14.7 Å². The van der Waals surface area contributed by atoms with Crippen LogP contribution >= 0.6 is 0 Å². The molecule has 2 rings (SSSR count). The molecule has 0 amide bonds. The van der Waals surface area contributed by atoms with E-state index >= 15 is 0 Å². The average Bonchev–Trinajstić information content (AvgIpc) is 2.38. The maximum atomic E-state index is 8.76. The normalized spacial score (nSPS) is 20.3. The van der Waals surface area contributed by atoms with E-state index in [1.54, 1.807) is 6.07 Å². The highest BCUT2D eigenvalue weighted by Gasteiger charge is 2.13. The predicted octanol–water partition coefficient (Wildman–Crippen LogP) is 2.60. The van der Waals surface area contributed by atoms with Gasteiger partial charge in [0, 0.05) is 6.61 Å². The fourth-order valence-electron chi connectivity index (χ4n) is 1.76. The number of hydrogen-bond donors (Lipinski definition) is 0. The molecule has 0 aliphatic carbocycles. The van der Waals surface area contributed by atoms with Crippen LogP contribution in [0.4, 0.5) is 0 Å². The van der Waals surface area contributed by atoms with Gasteiger partial charge in [-0.15, -0.1) is 0 Å². The number of benzene rings is 1. The third kappa shape index (κ3) is 3.06. The molecule has 0 saturated carbocycles. The van der Waals surface area contributed by atoms with Crippen molar-refractivity contribution in [1.82, 2.24) is 0 Å². The van der Waals surface area contributed by atoms with Gasteiger partial charge in [0.2, 0.25) is 0 Å². The van der Waals surface area contributed by atoms with Gasteiger partial charge in [0.05, 0.1) is 18.2 Å². The third-order valence-corrected chi connectivity index (χ3v) is 2.63. The lowest BCUT2D eigenvalue weighted by Gasteiger charge is -2.22. The fraction of sp³-hybridized carbons (Fsp3) is 0.462. The maximum Gasteiger partial charge on any atom is 0.158 e. The van der Waals surface area contributed by atoms with Crippen molar-refractivity contribution in [1.29, 1.82) is 5.26 Å². The molecule has 0 aromatic heterocycles. The summed E-state index contributed by atoms with van der Waals surface area (Å²) in [5, 5.41) is 8.76. The molecule has 1 unspecified atom stereocenters. The van der Waals surface area contributed by atoms with Gasteiger partial charge in [-0.2, -0.15) is 5.26 Å². The minimum atomic E-state index is -0.0699. The zero-order chi connectivity index (χ0) is 11.2. The summed E-state index contributed by atoms with van der Waals surface area (Å²) in [5.41, 5.74) is 1.69. The van der Waals surface area contributed by atoms with E-state index in [9.17, 15) is 0 Å². The number of ether oxygens (including phenoxy) is 2. The first kappa shape index (κ1) is 11.1. The maximum absolute atomic E-state index is 8.76. The Hall–Kier alpha value is -1.37. The van der Waals surface area contributed by atoms with Crippen LogP contribution in [0.2, 0.25) is 0 Å². The third-order valence-electron chi connectivity index (χ3n) is 2.63. The molecule has 1 aromatic carbocycles. The molecule has 0 radical (unpaired) electrons. The van der Waals surface area contributed by atoms with Crippen molar-refractivity contribution in [3.8, 4) is 6.07 Å². The van der Waals surface area contributed by atoms with Gasteiger partial charge in [-0.05, 0) is 37.0 Å². The van der Waals surface area contributed by atoms with E-state index in [-0.39, 0.29) is 6.29 Å². The zero-order valence-electron chi connectivity index (χ0n) is 9.19. The van der Waals surface area contributed by atoms with Crippen molar-refractivity contribution >= 4 is 0 Å². The van der Waals surface area contributed by atoms with E-state index in [0.717, 1.165) is 25.0 Å². The van der Waals surface area contributed by atoms with Crippen LogP contribution in [0, 0.1) is 11.3 Å². The summed E-state index contributed by atoms with van der Waals surface area (Å²) in [6.45, 7) is 1.31. The Morgan fingerprint density at radius 1 is 1.44 bits per heavy atom. The first-order valence-corrected chi connectivity index (χ1v) is 5.61. The standard InChI is InChI=1S/C13H15NO2/c14-9-11-4-3-5-12(8-11)10-16-13-6-1-2-7-15-13/h3-5,8,13H,1-2,6-7,10H2. The lowest BCUT2D eigenvalue weighted by atomic mass is 10.1. The Morgan fingerprint density at radius 2 is 2.38 bits per heavy atom. The van der Waals surface area contributed by atoms with Crippen LogP contribution in [-0.4, -0.2) is 12.9 Å². The molecule has 1 saturated heterocycles. The number of nitrogens with zero attached hydrogens (tertiary/aromatic N) is 1. The molecule has 16 heavy (non-hydrogen) atoms. The number of rotatable bonds is 3. The highest BCUT2D eigenvalue weighted by atomic mass is 16.7. The molecule has 0 spiro atoms. The second-order valence-electron chi connectivity index (χ2n) is 3.92. The largest absolute Gasteiger partial charge is 0.353 e. The summed E-state index contributed by atoms with van der Waals surface area (Å²) >= 11 is 0. The number of nitriles is 1. The van der Waals surface area contributed by atoms with E-state index in [2.05, 4.69) is 6.07 Å². The molecule has 0 N–H and O–H groups in total. The first-order chi connectivity index (χ1) is 7.88. The lowest BCUT2D eigenvalue weighted by Crippen LogP contribution is -2.21. The molecule has 1 aliphatic heterocycles. The van der Waals surface area contributed by atoms with Crippen molar-refractivity contribution < 1.29 is 9.47 Å². The Labute approximate surface area is 95.6 Å². The molecule has 3 heteroatoms. The average molecular weight is 217 g/mol. The van der Waals surface area contributed by atoms with Crippen LogP contribution in [-0.2, 0) is 16.1 Å². The Balaban J connectivity index is 1.86. The molecule has 3 nitrogen and oxygen atoms in total. The van der Waals surface area contributed by atoms with Gasteiger partial charge >= 0.3 is 0 Å². The minimum absolute atomic E-state index is 0.0699. The van der Waals surface area contributed by atoms with Crippen LogP contribution in [0.3, 0.4) is 0 Å². The van der Waals surface area contributed by atoms with Crippen molar-refractivity contribution in [3.05, 3.63) is 35.4 Å². The van der Waals surface area contributed by atoms with Crippen LogP contribution < -0.4 is 0 Å². The van der Waals surface area contributed by atoms with E-state index in [1.807, 2.05) is 18.2 Å². The quantitative estimate of drug-likeness (QED) is 0.781. The van der Waals surface area contributed by atoms with Crippen molar-refractivity contribution in [2.75, 3.05) is 6.61 Å². The van der Waals surface area contributed by atoms with E-state index < -0.39 is 0 Å². The highest BCUT2D eigenvalue weighted by Crippen LogP contribution is 2.15. The molecule has 1 heterocycles. The molecule has 84 valence electrons. The van der Waals surface area contributed by atoms with Gasteiger partial charge < -0.3 is 9.47 Å². The van der Waals surface area contributed by atoms with Gasteiger partial charge in [0.15, 0.2) is 6.29 Å². The Morgan fingerprint density at radius 3 is 3.12 bits per heavy atom. The number of hydrogen-bond acceptors (Lipinski definition) is 3. The van der Waals surface area contributed by atoms with Gasteiger partial charge in [-0.25, -0.2) is 0 Å². The summed E-state index contributed by atoms with van der Waals surface area (Å²) < 4.78 is 11.1. The summed E-state index contributed by atoms with van der Waals surface area (Å²) in [6, 6.07) is 9.60. The molecule has 1 aliphatic rings. The van der Waals surface area contributed by atoms with Gasteiger partial charge in [-0.3, -0.25) is 0 Å². The lowest BCUT2D eigenvalue weighted by molar-refractivity contribution is -0.168. The van der Waals surface area contributed by atoms with Crippen molar-refractivity contribution in [3.63, 3.8) is 0 Å². The molecule has 1 aromatic rings. The highest BCUT2D eigenvalue weighted by molar-refractivity contribution is 5.32. The zero-order valence-corrected chi connectivity index (χ0v) is 9.19. The second kappa shape index (κ2) is 5.64. The van der Waals surface area contributed by atoms with E-state index in [1.165, 1.54) is 6.42 Å². The molecular weight excluding hydrogens is 202 g/mol. The minimum Gasteiger partial charge on any atom is -0.353 e. The molecule has 1 atom stereocenters. The van der Waals surface area contributed by atoms with Crippen LogP contribution in [0.25, 0.3) is 0 Å². The second-order valence-corrected chi connectivity index (χ2v) is 3.92. The van der Waals surface area contributed by atoms with Crippen molar-refractivity contribution in [2.45, 2.75) is 32.2 Å². The monoisotopic (exact) mass is 217 g/mol. The summed E-state index contributed by atoms with van der Waals surface area (Å²) in [7, 11) is 0. The predicted molar refractivity (Wildman–Crippen MR) is 59.5 cm³/mol. The molecule has 0 bridgehead atoms. The SMILES string of the molecule is N#Cc1cccc(COC2CCCCO2)c1. The summed E-state index contributed by atoms with van der Waals surface area (Å²) in [6.07, 6.45) is 3.20. The van der Waals surface area contributed by atoms with E-state index in [0.29, 0.717) is 12.2 Å². The summed E-state index contributed by atoms with van der Waals surface area (Å²) in [5.74, 6) is 0. The van der Waals surface area contributed by atoms with Gasteiger partial charge in [0.25, 0.3) is 0 Å². The summed E-state index contributed by atoms with van der Waals surface area (Å²) in [4.78, 5) is 0. The smallest absolute Gasteiger partial charge is 0.158 e. The Kier molecular flexibility index (Phi) is 3.92. The topological polar surface area (TPSA) is 42.2 Å². The first-order valence-electron chi connectivity index (χ1n) is 5.61. The van der Waals surface area contributed by atoms with Gasteiger partial charge in [0.1, 0.15) is 0 Å². The molecular formula is C13H15NO2. The fourth-order valence-corrected chi connectivity index (χ4v) is 1.76. The van der Waals surface area contributed by atoms with Crippen molar-refractivity contribution in [2.24, 2.45) is 0 Å². The Bertz CT molecular complexity index is 378. The molecule has 1 fully saturated rings. The van der Waals surface area contributed by atoms with Crippen LogP contribution in [0.1, 0.15) is 30.4 Å². The van der Waals surface area contributed by atoms with Crippen LogP contribution in [0.5, 0.6) is 0 Å². The van der Waals surface area contributed by atoms with Gasteiger partial charge in [-0.1, -0.05) is 12.1 Å².